The molecule has 1 atom stereocenters. The van der Waals surface area contributed by atoms with Crippen LogP contribution in [0.15, 0.2) is 60.2 Å². The van der Waals surface area contributed by atoms with Crippen LogP contribution in [0.3, 0.4) is 0 Å². The van der Waals surface area contributed by atoms with E-state index in [0.717, 1.165) is 22.4 Å². The number of rotatable bonds is 4. The van der Waals surface area contributed by atoms with Gasteiger partial charge < -0.3 is 15.2 Å². The molecule has 1 aliphatic heterocycles. The van der Waals surface area contributed by atoms with E-state index in [4.69, 9.17) is 4.74 Å². The predicted octanol–water partition coefficient (Wildman–Crippen LogP) is 2.99. The minimum absolute atomic E-state index is 0.273. The largest absolute Gasteiger partial charge is 0.462 e. The lowest BCUT2D eigenvalue weighted by atomic mass is 9.89. The van der Waals surface area contributed by atoms with Gasteiger partial charge in [0.1, 0.15) is 0 Å². The number of fused-ring (bicyclic) bond motifs is 1. The number of hydrogen-bond donors (Lipinski definition) is 2. The number of aliphatic hydroxyl groups is 1. The first-order valence-corrected chi connectivity index (χ1v) is 7.68. The number of esters is 1. The van der Waals surface area contributed by atoms with Gasteiger partial charge in [-0.25, -0.2) is 4.79 Å². The smallest absolute Gasteiger partial charge is 0.338 e. The molecule has 0 saturated heterocycles. The molecule has 4 heteroatoms. The number of benzene rings is 2. The van der Waals surface area contributed by atoms with Crippen molar-refractivity contribution in [2.75, 3.05) is 11.9 Å². The summed E-state index contributed by atoms with van der Waals surface area (Å²) in [4.78, 5) is 12.3. The molecule has 0 bridgehead atoms. The minimum Gasteiger partial charge on any atom is -0.462 e. The van der Waals surface area contributed by atoms with Crippen LogP contribution in [0.25, 0.3) is 5.57 Å². The summed E-state index contributed by atoms with van der Waals surface area (Å²) in [5.41, 5.74) is 3.91. The fourth-order valence-electron chi connectivity index (χ4n) is 2.84. The van der Waals surface area contributed by atoms with Gasteiger partial charge in [0.15, 0.2) is 6.23 Å². The first kappa shape index (κ1) is 15.3. The van der Waals surface area contributed by atoms with Gasteiger partial charge in [-0.2, -0.15) is 0 Å². The molecule has 1 unspecified atom stereocenters. The summed E-state index contributed by atoms with van der Waals surface area (Å²) in [7, 11) is 0. The number of nitrogens with one attached hydrogen (secondary N) is 1. The Balaban J connectivity index is 2.11. The van der Waals surface area contributed by atoms with Gasteiger partial charge in [0.25, 0.3) is 0 Å². The summed E-state index contributed by atoms with van der Waals surface area (Å²) in [5, 5.41) is 13.4. The fraction of sp³-hybridized carbons (Fsp3) is 0.211. The van der Waals surface area contributed by atoms with Crippen LogP contribution in [0.1, 0.15) is 18.1 Å². The van der Waals surface area contributed by atoms with Crippen molar-refractivity contribution < 1.29 is 14.6 Å². The highest BCUT2D eigenvalue weighted by molar-refractivity contribution is 6.02. The molecule has 1 heterocycles. The van der Waals surface area contributed by atoms with Crippen LogP contribution in [0, 0.1) is 0 Å². The lowest BCUT2D eigenvalue weighted by Crippen LogP contribution is -2.32. The van der Waals surface area contributed by atoms with Gasteiger partial charge in [-0.3, -0.25) is 0 Å². The van der Waals surface area contributed by atoms with Crippen LogP contribution in [-0.4, -0.2) is 23.9 Å². The van der Waals surface area contributed by atoms with Gasteiger partial charge in [0, 0.05) is 11.3 Å². The summed E-state index contributed by atoms with van der Waals surface area (Å²) in [6.45, 7) is 2.03. The molecule has 0 fully saturated rings. The SMILES string of the molecule is CCOC(=O)C1=C(Cc2ccccc2)c2ccccc2NC1O. The molecule has 0 aliphatic carbocycles. The second-order valence-electron chi connectivity index (χ2n) is 5.37. The number of allylic oxidation sites excluding steroid dienone is 1. The van der Waals surface area contributed by atoms with E-state index in [9.17, 15) is 9.90 Å². The molecule has 23 heavy (non-hydrogen) atoms. The molecule has 2 N–H and O–H groups in total. The van der Waals surface area contributed by atoms with Crippen molar-refractivity contribution in [2.24, 2.45) is 0 Å². The van der Waals surface area contributed by atoms with Gasteiger partial charge in [-0.1, -0.05) is 48.5 Å². The Labute approximate surface area is 135 Å². The average molecular weight is 309 g/mol. The summed E-state index contributed by atoms with van der Waals surface area (Å²) in [5.74, 6) is -0.479. The average Bonchev–Trinajstić information content (AvgIpc) is 2.56. The molecule has 0 aromatic heterocycles. The van der Waals surface area contributed by atoms with E-state index in [0.29, 0.717) is 6.42 Å². The van der Waals surface area contributed by atoms with Crippen molar-refractivity contribution in [1.29, 1.82) is 0 Å². The van der Waals surface area contributed by atoms with Crippen molar-refractivity contribution in [3.05, 3.63) is 71.3 Å². The van der Waals surface area contributed by atoms with E-state index >= 15 is 0 Å². The second kappa shape index (κ2) is 6.67. The van der Waals surface area contributed by atoms with Crippen LogP contribution < -0.4 is 5.32 Å². The zero-order valence-electron chi connectivity index (χ0n) is 13.0. The number of anilines is 1. The third kappa shape index (κ3) is 3.12. The third-order valence-corrected chi connectivity index (χ3v) is 3.86. The maximum absolute atomic E-state index is 12.3. The molecule has 3 rings (SSSR count). The van der Waals surface area contributed by atoms with E-state index in [2.05, 4.69) is 5.32 Å². The van der Waals surface area contributed by atoms with Gasteiger partial charge >= 0.3 is 5.97 Å². The third-order valence-electron chi connectivity index (χ3n) is 3.86. The highest BCUT2D eigenvalue weighted by Gasteiger charge is 2.30. The number of para-hydroxylation sites is 1. The highest BCUT2D eigenvalue weighted by atomic mass is 16.5. The first-order chi connectivity index (χ1) is 11.2. The molecule has 2 aromatic carbocycles. The number of carbonyl (C=O) groups is 1. The molecule has 2 aromatic rings. The monoisotopic (exact) mass is 309 g/mol. The Morgan fingerprint density at radius 1 is 1.13 bits per heavy atom. The predicted molar refractivity (Wildman–Crippen MR) is 89.8 cm³/mol. The van der Waals surface area contributed by atoms with Crippen LogP contribution in [0.2, 0.25) is 0 Å². The van der Waals surface area contributed by atoms with Gasteiger partial charge in [-0.05, 0) is 30.5 Å². The zero-order valence-corrected chi connectivity index (χ0v) is 13.0. The van der Waals surface area contributed by atoms with Crippen LogP contribution in [0.5, 0.6) is 0 Å². The van der Waals surface area contributed by atoms with E-state index in [1.165, 1.54) is 0 Å². The number of hydrogen-bond acceptors (Lipinski definition) is 4. The van der Waals surface area contributed by atoms with Crippen molar-refractivity contribution in [3.8, 4) is 0 Å². The minimum atomic E-state index is -1.07. The highest BCUT2D eigenvalue weighted by Crippen LogP contribution is 2.35. The Hall–Kier alpha value is -2.59. The Kier molecular flexibility index (Phi) is 4.44. The molecule has 0 saturated carbocycles. The van der Waals surface area contributed by atoms with Gasteiger partial charge in [0.05, 0.1) is 12.2 Å². The Morgan fingerprint density at radius 2 is 1.83 bits per heavy atom. The second-order valence-corrected chi connectivity index (χ2v) is 5.37. The maximum Gasteiger partial charge on any atom is 0.338 e. The Morgan fingerprint density at radius 3 is 2.57 bits per heavy atom. The Bertz CT molecular complexity index is 737. The van der Waals surface area contributed by atoms with Crippen molar-refractivity contribution in [3.63, 3.8) is 0 Å². The normalized spacial score (nSPS) is 16.5. The lowest BCUT2D eigenvalue weighted by molar-refractivity contribution is -0.139. The zero-order chi connectivity index (χ0) is 16.2. The molecular formula is C19H19NO3. The first-order valence-electron chi connectivity index (χ1n) is 7.68. The summed E-state index contributed by atoms with van der Waals surface area (Å²) in [6.07, 6.45) is -0.507. The van der Waals surface area contributed by atoms with Crippen molar-refractivity contribution >= 4 is 17.2 Å². The lowest BCUT2D eigenvalue weighted by Gasteiger charge is -2.28. The molecule has 1 aliphatic rings. The maximum atomic E-state index is 12.3. The van der Waals surface area contributed by atoms with Crippen molar-refractivity contribution in [2.45, 2.75) is 19.6 Å². The van der Waals surface area contributed by atoms with E-state index in [-0.39, 0.29) is 12.2 Å². The summed E-state index contributed by atoms with van der Waals surface area (Å²) in [6, 6.07) is 17.6. The molecule has 118 valence electrons. The summed E-state index contributed by atoms with van der Waals surface area (Å²) >= 11 is 0. The van der Waals surface area contributed by atoms with E-state index in [1.54, 1.807) is 6.92 Å². The number of ether oxygens (including phenoxy) is 1. The number of carbonyl (C=O) groups excluding carboxylic acids is 1. The van der Waals surface area contributed by atoms with Gasteiger partial charge in [0.2, 0.25) is 0 Å². The van der Waals surface area contributed by atoms with E-state index < -0.39 is 12.2 Å². The summed E-state index contributed by atoms with van der Waals surface area (Å²) < 4.78 is 5.14. The van der Waals surface area contributed by atoms with Gasteiger partial charge in [-0.15, -0.1) is 0 Å². The molecule has 0 spiro atoms. The molecule has 0 radical (unpaired) electrons. The molecule has 4 nitrogen and oxygen atoms in total. The standard InChI is InChI=1S/C19H19NO3/c1-2-23-19(22)17-15(12-13-8-4-3-5-9-13)14-10-6-7-11-16(14)20-18(17)21/h3-11,18,20-21H,2,12H2,1H3. The quantitative estimate of drug-likeness (QED) is 0.853. The van der Waals surface area contributed by atoms with E-state index in [1.807, 2.05) is 54.6 Å². The van der Waals surface area contributed by atoms with Crippen LogP contribution in [-0.2, 0) is 16.0 Å². The van der Waals surface area contributed by atoms with Crippen molar-refractivity contribution in [1.82, 2.24) is 0 Å². The van der Waals surface area contributed by atoms with Crippen LogP contribution in [0.4, 0.5) is 5.69 Å². The fourth-order valence-corrected chi connectivity index (χ4v) is 2.84. The topological polar surface area (TPSA) is 58.6 Å². The number of aliphatic hydroxyl groups excluding tert-OH is 1. The molecule has 0 amide bonds. The molecular weight excluding hydrogens is 290 g/mol. The van der Waals surface area contributed by atoms with Crippen LogP contribution >= 0.6 is 0 Å².